The minimum Gasteiger partial charge on any atom is -0.349 e. The van der Waals surface area contributed by atoms with E-state index >= 15 is 0 Å². The minimum absolute atomic E-state index is 0. The first-order valence-electron chi connectivity index (χ1n) is 6.06. The summed E-state index contributed by atoms with van der Waals surface area (Å²) in [4.78, 5) is 13.2. The number of fused-ring (bicyclic) bond motifs is 1. The number of carbonyl (C=O) groups is 1. The molecule has 1 amide bonds. The first-order chi connectivity index (χ1) is 8.70. The van der Waals surface area contributed by atoms with Gasteiger partial charge in [0.15, 0.2) is 0 Å². The van der Waals surface area contributed by atoms with E-state index in [0.29, 0.717) is 28.5 Å². The summed E-state index contributed by atoms with van der Waals surface area (Å²) in [5.74, 6) is 1.20. The Labute approximate surface area is 128 Å². The van der Waals surface area contributed by atoms with Gasteiger partial charge >= 0.3 is 0 Å². The molecule has 2 fully saturated rings. The molecule has 1 saturated carbocycles. The van der Waals surface area contributed by atoms with Gasteiger partial charge in [-0.15, -0.1) is 24.2 Å². The zero-order chi connectivity index (χ0) is 12.7. The Bertz CT molecular complexity index is 488. The predicted octanol–water partition coefficient (Wildman–Crippen LogP) is 2.43. The molecule has 6 heteroatoms. The van der Waals surface area contributed by atoms with Crippen molar-refractivity contribution in [1.82, 2.24) is 10.6 Å². The van der Waals surface area contributed by atoms with E-state index in [1.807, 2.05) is 18.4 Å². The quantitative estimate of drug-likeness (QED) is 0.841. The second-order valence-electron chi connectivity index (χ2n) is 4.83. The smallest absolute Gasteiger partial charge is 0.253 e. The normalized spacial score (nSPS) is 27.4. The first-order valence-corrected chi connectivity index (χ1v) is 7.66. The van der Waals surface area contributed by atoms with E-state index < -0.39 is 0 Å². The number of halogens is 2. The van der Waals surface area contributed by atoms with Gasteiger partial charge in [0.1, 0.15) is 0 Å². The van der Waals surface area contributed by atoms with Crippen molar-refractivity contribution in [2.45, 2.75) is 10.9 Å². The molecule has 1 aromatic rings. The molecule has 1 aliphatic carbocycles. The molecule has 0 bridgehead atoms. The molecule has 0 aromatic heterocycles. The van der Waals surface area contributed by atoms with Crippen LogP contribution in [0.4, 0.5) is 0 Å². The number of amides is 1. The van der Waals surface area contributed by atoms with E-state index in [1.54, 1.807) is 17.8 Å². The van der Waals surface area contributed by atoms with Crippen LogP contribution in [0.2, 0.25) is 5.02 Å². The summed E-state index contributed by atoms with van der Waals surface area (Å²) in [5.41, 5.74) is 0.585. The summed E-state index contributed by atoms with van der Waals surface area (Å²) in [7, 11) is 0. The number of hydrogen-bond donors (Lipinski definition) is 2. The fraction of sp³-hybridized carbons (Fsp3) is 0.462. The fourth-order valence-electron chi connectivity index (χ4n) is 2.67. The molecule has 3 rings (SSSR count). The summed E-state index contributed by atoms with van der Waals surface area (Å²) in [6.45, 7) is 2.04. The Kier molecular flexibility index (Phi) is 4.66. The molecular weight excluding hydrogens is 303 g/mol. The SMILES string of the molecule is CSc1ccc(Cl)c(C(=O)NC2C3CNCC32)c1.Cl. The molecule has 1 aromatic carbocycles. The van der Waals surface area contributed by atoms with Gasteiger partial charge in [-0.2, -0.15) is 0 Å². The van der Waals surface area contributed by atoms with Crippen LogP contribution in [-0.4, -0.2) is 31.3 Å². The van der Waals surface area contributed by atoms with Crippen LogP contribution in [0, 0.1) is 11.8 Å². The Morgan fingerprint density at radius 3 is 2.74 bits per heavy atom. The number of nitrogens with one attached hydrogen (secondary N) is 2. The molecule has 0 spiro atoms. The maximum absolute atomic E-state index is 12.2. The van der Waals surface area contributed by atoms with Crippen molar-refractivity contribution in [3.63, 3.8) is 0 Å². The lowest BCUT2D eigenvalue weighted by molar-refractivity contribution is 0.0946. The monoisotopic (exact) mass is 318 g/mol. The molecule has 1 saturated heterocycles. The van der Waals surface area contributed by atoms with Crippen molar-refractivity contribution in [1.29, 1.82) is 0 Å². The lowest BCUT2D eigenvalue weighted by Gasteiger charge is -2.09. The zero-order valence-corrected chi connectivity index (χ0v) is 12.9. The lowest BCUT2D eigenvalue weighted by atomic mass is 10.2. The number of carbonyl (C=O) groups excluding carboxylic acids is 1. The van der Waals surface area contributed by atoms with Crippen LogP contribution in [-0.2, 0) is 0 Å². The van der Waals surface area contributed by atoms with E-state index in [9.17, 15) is 4.79 Å². The van der Waals surface area contributed by atoms with E-state index in [1.165, 1.54) is 0 Å². The van der Waals surface area contributed by atoms with Crippen LogP contribution in [0.25, 0.3) is 0 Å². The molecule has 3 nitrogen and oxygen atoms in total. The third-order valence-electron chi connectivity index (χ3n) is 3.81. The van der Waals surface area contributed by atoms with Crippen molar-refractivity contribution in [3.05, 3.63) is 28.8 Å². The van der Waals surface area contributed by atoms with E-state index in [-0.39, 0.29) is 18.3 Å². The largest absolute Gasteiger partial charge is 0.349 e. The molecule has 1 aliphatic heterocycles. The Hall–Kier alpha value is -0.420. The number of thioether (sulfide) groups is 1. The highest BCUT2D eigenvalue weighted by Gasteiger charge is 2.53. The van der Waals surface area contributed by atoms with Crippen LogP contribution in [0.1, 0.15) is 10.4 Å². The van der Waals surface area contributed by atoms with Gasteiger partial charge in [-0.1, -0.05) is 11.6 Å². The average molecular weight is 319 g/mol. The average Bonchev–Trinajstić information content (AvgIpc) is 2.82. The first kappa shape index (κ1) is 15.0. The van der Waals surface area contributed by atoms with E-state index in [4.69, 9.17) is 11.6 Å². The topological polar surface area (TPSA) is 41.1 Å². The van der Waals surface area contributed by atoms with Gasteiger partial charge in [-0.05, 0) is 36.3 Å². The van der Waals surface area contributed by atoms with E-state index in [2.05, 4.69) is 10.6 Å². The molecule has 2 aliphatic rings. The van der Waals surface area contributed by atoms with Gasteiger partial charge in [0.05, 0.1) is 10.6 Å². The maximum atomic E-state index is 12.2. The van der Waals surface area contributed by atoms with Crippen molar-refractivity contribution in [2.24, 2.45) is 11.8 Å². The highest BCUT2D eigenvalue weighted by molar-refractivity contribution is 7.98. The van der Waals surface area contributed by atoms with Crippen molar-refractivity contribution in [2.75, 3.05) is 19.3 Å². The molecular formula is C13H16Cl2N2OS. The zero-order valence-electron chi connectivity index (χ0n) is 10.5. The Morgan fingerprint density at radius 2 is 2.11 bits per heavy atom. The summed E-state index contributed by atoms with van der Waals surface area (Å²) in [6.07, 6.45) is 1.99. The fourth-order valence-corrected chi connectivity index (χ4v) is 3.31. The van der Waals surface area contributed by atoms with Gasteiger partial charge in [0.2, 0.25) is 0 Å². The Balaban J connectivity index is 0.00000133. The predicted molar refractivity (Wildman–Crippen MR) is 81.6 cm³/mol. The van der Waals surface area contributed by atoms with Crippen LogP contribution >= 0.6 is 35.8 Å². The Morgan fingerprint density at radius 1 is 1.42 bits per heavy atom. The summed E-state index contributed by atoms with van der Waals surface area (Å²) >= 11 is 7.70. The lowest BCUT2D eigenvalue weighted by Crippen LogP contribution is -2.32. The van der Waals surface area contributed by atoms with Crippen molar-refractivity contribution < 1.29 is 4.79 Å². The third-order valence-corrected chi connectivity index (χ3v) is 4.86. The molecule has 104 valence electrons. The van der Waals surface area contributed by atoms with Gasteiger partial charge in [-0.25, -0.2) is 0 Å². The molecule has 0 radical (unpaired) electrons. The van der Waals surface area contributed by atoms with Crippen LogP contribution in [0.3, 0.4) is 0 Å². The highest BCUT2D eigenvalue weighted by Crippen LogP contribution is 2.41. The summed E-state index contributed by atoms with van der Waals surface area (Å²) in [5, 5.41) is 6.93. The number of rotatable bonds is 3. The molecule has 19 heavy (non-hydrogen) atoms. The van der Waals surface area contributed by atoms with Crippen molar-refractivity contribution in [3.8, 4) is 0 Å². The molecule has 1 heterocycles. The molecule has 2 unspecified atom stereocenters. The van der Waals surface area contributed by atoms with Crippen molar-refractivity contribution >= 4 is 41.7 Å². The molecule has 2 atom stereocenters. The number of hydrogen-bond acceptors (Lipinski definition) is 3. The van der Waals surface area contributed by atoms with E-state index in [0.717, 1.165) is 18.0 Å². The minimum atomic E-state index is -0.0460. The van der Waals surface area contributed by atoms with Crippen LogP contribution < -0.4 is 10.6 Å². The number of benzene rings is 1. The van der Waals surface area contributed by atoms with Crippen LogP contribution in [0.5, 0.6) is 0 Å². The maximum Gasteiger partial charge on any atom is 0.253 e. The van der Waals surface area contributed by atoms with Crippen LogP contribution in [0.15, 0.2) is 23.1 Å². The van der Waals surface area contributed by atoms with Gasteiger partial charge in [0, 0.05) is 24.0 Å². The third kappa shape index (κ3) is 2.87. The second kappa shape index (κ2) is 5.92. The standard InChI is InChI=1S/C13H15ClN2OS.ClH/c1-18-7-2-3-11(14)8(4-7)13(17)16-12-9-5-15-6-10(9)12;/h2-4,9-10,12,15H,5-6H2,1H3,(H,16,17);1H. The number of piperidine rings is 1. The second-order valence-corrected chi connectivity index (χ2v) is 6.12. The highest BCUT2D eigenvalue weighted by atomic mass is 35.5. The van der Waals surface area contributed by atoms with Gasteiger partial charge in [-0.3, -0.25) is 4.79 Å². The summed E-state index contributed by atoms with van der Waals surface area (Å²) in [6, 6.07) is 5.92. The summed E-state index contributed by atoms with van der Waals surface area (Å²) < 4.78 is 0. The molecule has 2 N–H and O–H groups in total. The van der Waals surface area contributed by atoms with Gasteiger partial charge < -0.3 is 10.6 Å². The van der Waals surface area contributed by atoms with Gasteiger partial charge in [0.25, 0.3) is 5.91 Å².